The summed E-state index contributed by atoms with van der Waals surface area (Å²) in [5.41, 5.74) is 0. The molecule has 2 fully saturated rings. The van der Waals surface area contributed by atoms with Gasteiger partial charge in [-0.15, -0.1) is 0 Å². The number of halogens is 1. The molecule has 2 heterocycles. The molecule has 0 amide bonds. The Labute approximate surface area is 83.8 Å². The molecule has 2 aliphatic heterocycles. The number of benzene rings is 1. The van der Waals surface area contributed by atoms with Gasteiger partial charge in [0.1, 0.15) is 5.85 Å². The summed E-state index contributed by atoms with van der Waals surface area (Å²) in [6, 6.07) is 10.6. The van der Waals surface area contributed by atoms with Crippen LogP contribution in [0, 0.1) is 0 Å². The summed E-state index contributed by atoms with van der Waals surface area (Å²) < 4.78 is 5.50. The van der Waals surface area contributed by atoms with Crippen LogP contribution in [0.25, 0.3) is 0 Å². The fourth-order valence-electron chi connectivity index (χ4n) is 1.90. The van der Waals surface area contributed by atoms with Gasteiger partial charge in [-0.25, -0.2) is 0 Å². The zero-order valence-electron chi connectivity index (χ0n) is 7.11. The Hall–Kier alpha value is -0.100. The third-order valence-corrected chi connectivity index (χ3v) is 6.07. The molecular weight excluding hydrogens is 203 g/mol. The molecule has 3 unspecified atom stereocenters. The second kappa shape index (κ2) is 2.70. The van der Waals surface area contributed by atoms with Crippen molar-refractivity contribution < 1.29 is 4.74 Å². The molecule has 0 saturated carbocycles. The van der Waals surface area contributed by atoms with Crippen molar-refractivity contribution in [2.45, 2.75) is 17.3 Å². The molecule has 0 N–H and O–H groups in total. The van der Waals surface area contributed by atoms with Gasteiger partial charge < -0.3 is 4.74 Å². The van der Waals surface area contributed by atoms with Crippen LogP contribution >= 0.6 is 19.5 Å². The predicted molar refractivity (Wildman–Crippen MR) is 55.9 cm³/mol. The summed E-state index contributed by atoms with van der Waals surface area (Å²) in [6.45, 7) is 0. The Balaban J connectivity index is 1.89. The van der Waals surface area contributed by atoms with Crippen LogP contribution in [0.4, 0.5) is 0 Å². The van der Waals surface area contributed by atoms with E-state index in [0.29, 0.717) is 5.85 Å². The molecule has 13 heavy (non-hydrogen) atoms. The van der Waals surface area contributed by atoms with E-state index in [1.54, 1.807) is 0 Å². The Morgan fingerprint density at radius 3 is 2.69 bits per heavy atom. The lowest BCUT2D eigenvalue weighted by atomic mass is 10.4. The first-order chi connectivity index (χ1) is 6.30. The Morgan fingerprint density at radius 2 is 2.15 bits per heavy atom. The lowest BCUT2D eigenvalue weighted by Gasteiger charge is -2.09. The van der Waals surface area contributed by atoms with Gasteiger partial charge in [0.2, 0.25) is 0 Å². The first-order valence-corrected chi connectivity index (χ1v) is 6.45. The van der Waals surface area contributed by atoms with Crippen LogP contribution in [-0.2, 0) is 4.74 Å². The maximum atomic E-state index is 6.18. The van der Waals surface area contributed by atoms with Gasteiger partial charge >= 0.3 is 0 Å². The highest BCUT2D eigenvalue weighted by Crippen LogP contribution is 2.67. The first kappa shape index (κ1) is 8.23. The third kappa shape index (κ3) is 1.22. The van der Waals surface area contributed by atoms with Crippen LogP contribution in [-0.4, -0.2) is 17.1 Å². The first-order valence-electron chi connectivity index (χ1n) is 4.48. The Bertz CT molecular complexity index is 329. The van der Waals surface area contributed by atoms with Crippen LogP contribution in [0.3, 0.4) is 0 Å². The minimum atomic E-state index is -0.262. The maximum Gasteiger partial charge on any atom is 0.173 e. The standard InChI is InChI=1S/C10H10ClOP/c11-10-6-7-13(9(10)12-10)8-4-2-1-3-5-8/h1-5,9H,6-7H2. The molecule has 0 aliphatic carbocycles. The summed E-state index contributed by atoms with van der Waals surface area (Å²) >= 11 is 6.18. The second-order valence-electron chi connectivity index (χ2n) is 3.54. The molecule has 2 aliphatic rings. The van der Waals surface area contributed by atoms with Crippen molar-refractivity contribution in [3.63, 3.8) is 0 Å². The van der Waals surface area contributed by atoms with E-state index in [9.17, 15) is 0 Å². The number of epoxide rings is 1. The number of hydrogen-bond donors (Lipinski definition) is 0. The SMILES string of the molecule is ClC12CCP(c3ccccc3)C1O2. The van der Waals surface area contributed by atoms with E-state index in [1.807, 2.05) is 0 Å². The van der Waals surface area contributed by atoms with Gasteiger partial charge in [0.25, 0.3) is 0 Å². The smallest absolute Gasteiger partial charge is 0.173 e. The highest BCUT2D eigenvalue weighted by molar-refractivity contribution is 7.67. The fraction of sp³-hybridized carbons (Fsp3) is 0.400. The van der Waals surface area contributed by atoms with E-state index in [1.165, 1.54) is 11.5 Å². The van der Waals surface area contributed by atoms with Crippen molar-refractivity contribution in [3.8, 4) is 0 Å². The van der Waals surface area contributed by atoms with Crippen LogP contribution in [0.5, 0.6) is 0 Å². The normalized spacial score (nSPS) is 41.6. The highest BCUT2D eigenvalue weighted by Gasteiger charge is 2.63. The molecule has 68 valence electrons. The van der Waals surface area contributed by atoms with Crippen molar-refractivity contribution in [2.24, 2.45) is 0 Å². The van der Waals surface area contributed by atoms with Crippen molar-refractivity contribution in [1.82, 2.24) is 0 Å². The molecule has 1 nitrogen and oxygen atoms in total. The Morgan fingerprint density at radius 1 is 1.38 bits per heavy atom. The third-order valence-electron chi connectivity index (χ3n) is 2.68. The quantitative estimate of drug-likeness (QED) is 0.396. The van der Waals surface area contributed by atoms with Crippen LogP contribution in [0.1, 0.15) is 6.42 Å². The summed E-state index contributed by atoms with van der Waals surface area (Å²) in [6.07, 6.45) is 2.26. The fourth-order valence-corrected chi connectivity index (χ4v) is 5.44. The average Bonchev–Trinajstić information content (AvgIpc) is 2.71. The largest absolute Gasteiger partial charge is 0.344 e. The monoisotopic (exact) mass is 212 g/mol. The minimum Gasteiger partial charge on any atom is -0.344 e. The number of fused-ring (bicyclic) bond motifs is 1. The molecule has 3 heteroatoms. The lowest BCUT2D eigenvalue weighted by Crippen LogP contribution is -2.02. The zero-order chi connectivity index (χ0) is 8.89. The van der Waals surface area contributed by atoms with Crippen molar-refractivity contribution >= 4 is 24.8 Å². The predicted octanol–water partition coefficient (Wildman–Crippen LogP) is 2.49. The second-order valence-corrected chi connectivity index (χ2v) is 6.55. The number of hydrogen-bond acceptors (Lipinski definition) is 1. The molecule has 2 saturated heterocycles. The van der Waals surface area contributed by atoms with E-state index in [0.717, 1.165) is 6.42 Å². The van der Waals surface area contributed by atoms with Gasteiger partial charge in [0.05, 0.1) is 0 Å². The van der Waals surface area contributed by atoms with E-state index in [-0.39, 0.29) is 13.0 Å². The van der Waals surface area contributed by atoms with Gasteiger partial charge in [0.15, 0.2) is 5.06 Å². The molecule has 0 aromatic heterocycles. The molecule has 3 atom stereocenters. The van der Waals surface area contributed by atoms with E-state index in [2.05, 4.69) is 30.3 Å². The summed E-state index contributed by atoms with van der Waals surface area (Å²) in [7, 11) is -0.130. The van der Waals surface area contributed by atoms with Gasteiger partial charge in [-0.05, 0) is 25.8 Å². The number of alkyl halides is 1. The summed E-state index contributed by atoms with van der Waals surface area (Å²) in [4.78, 5) is 0. The van der Waals surface area contributed by atoms with E-state index < -0.39 is 0 Å². The summed E-state index contributed by atoms with van der Waals surface area (Å²) in [5.74, 6) is 0.339. The van der Waals surface area contributed by atoms with Crippen LogP contribution in [0.2, 0.25) is 0 Å². The molecule has 0 spiro atoms. The number of rotatable bonds is 1. The molecule has 0 radical (unpaired) electrons. The minimum absolute atomic E-state index is 0.130. The van der Waals surface area contributed by atoms with Crippen molar-refractivity contribution in [3.05, 3.63) is 30.3 Å². The Kier molecular flexibility index (Phi) is 1.71. The van der Waals surface area contributed by atoms with Crippen LogP contribution < -0.4 is 5.30 Å². The molecular formula is C10H10ClOP. The topological polar surface area (TPSA) is 12.5 Å². The van der Waals surface area contributed by atoms with Gasteiger partial charge in [0, 0.05) is 0 Å². The van der Waals surface area contributed by atoms with Crippen molar-refractivity contribution in [2.75, 3.05) is 6.16 Å². The average molecular weight is 213 g/mol. The highest BCUT2D eigenvalue weighted by atomic mass is 35.5. The molecule has 1 aromatic rings. The molecule has 0 bridgehead atoms. The van der Waals surface area contributed by atoms with Gasteiger partial charge in [-0.1, -0.05) is 41.9 Å². The maximum absolute atomic E-state index is 6.18. The van der Waals surface area contributed by atoms with E-state index >= 15 is 0 Å². The summed E-state index contributed by atoms with van der Waals surface area (Å²) in [5, 5.41) is 1.17. The number of ether oxygens (including phenoxy) is 1. The lowest BCUT2D eigenvalue weighted by molar-refractivity contribution is 0.361. The van der Waals surface area contributed by atoms with Crippen LogP contribution in [0.15, 0.2) is 30.3 Å². The molecule has 1 aromatic carbocycles. The zero-order valence-corrected chi connectivity index (χ0v) is 8.76. The molecule has 3 rings (SSSR count). The van der Waals surface area contributed by atoms with Gasteiger partial charge in [-0.2, -0.15) is 0 Å². The van der Waals surface area contributed by atoms with Gasteiger partial charge in [-0.3, -0.25) is 0 Å². The van der Waals surface area contributed by atoms with Crippen molar-refractivity contribution in [1.29, 1.82) is 0 Å². The van der Waals surface area contributed by atoms with E-state index in [4.69, 9.17) is 16.3 Å².